The molecule has 1 aromatic carbocycles. The molecule has 2 aliphatic rings. The second-order valence-electron chi connectivity index (χ2n) is 8.32. The highest BCUT2D eigenvalue weighted by molar-refractivity contribution is 7.91. The third-order valence-electron chi connectivity index (χ3n) is 6.16. The van der Waals surface area contributed by atoms with Gasteiger partial charge >= 0.3 is 6.18 Å². The van der Waals surface area contributed by atoms with Gasteiger partial charge in [-0.15, -0.1) is 0 Å². The topological polar surface area (TPSA) is 83.5 Å². The minimum Gasteiger partial charge on any atom is -0.351 e. The number of piperazine rings is 1. The molecule has 1 amide bonds. The summed E-state index contributed by atoms with van der Waals surface area (Å²) < 4.78 is 90.6. The van der Waals surface area contributed by atoms with E-state index in [1.165, 1.54) is 17.0 Å². The van der Waals surface area contributed by atoms with Crippen LogP contribution in [0, 0.1) is 17.6 Å². The minimum absolute atomic E-state index is 0.0584. The summed E-state index contributed by atoms with van der Waals surface area (Å²) in [6.07, 6.45) is -2.83. The predicted molar refractivity (Wildman–Crippen MR) is 111 cm³/mol. The van der Waals surface area contributed by atoms with E-state index in [4.69, 9.17) is 0 Å². The number of carbonyl (C=O) groups is 1. The van der Waals surface area contributed by atoms with Crippen molar-refractivity contribution in [3.05, 3.63) is 53.5 Å². The van der Waals surface area contributed by atoms with Gasteiger partial charge < -0.3 is 9.80 Å². The monoisotopic (exact) mass is 504 g/mol. The number of alkyl halides is 3. The molecule has 184 valence electrons. The van der Waals surface area contributed by atoms with Gasteiger partial charge in [-0.25, -0.2) is 27.2 Å². The Morgan fingerprint density at radius 1 is 1.03 bits per heavy atom. The number of hydrogen-bond acceptors (Lipinski definition) is 6. The lowest BCUT2D eigenvalue weighted by molar-refractivity contribution is -0.141. The van der Waals surface area contributed by atoms with Gasteiger partial charge in [-0.05, 0) is 18.9 Å². The number of halogens is 5. The van der Waals surface area contributed by atoms with Crippen LogP contribution < -0.4 is 4.90 Å². The van der Waals surface area contributed by atoms with Gasteiger partial charge in [0.05, 0.1) is 29.9 Å². The molecule has 1 aromatic heterocycles. The molecule has 0 aliphatic carbocycles. The van der Waals surface area contributed by atoms with E-state index in [2.05, 4.69) is 9.97 Å². The normalized spacial score (nSPS) is 21.5. The maximum atomic E-state index is 14.7. The van der Waals surface area contributed by atoms with E-state index in [-0.39, 0.29) is 61.3 Å². The molecule has 1 atom stereocenters. The van der Waals surface area contributed by atoms with E-state index in [1.807, 2.05) is 0 Å². The Balaban J connectivity index is 1.62. The summed E-state index contributed by atoms with van der Waals surface area (Å²) in [6, 6.07) is 2.63. The lowest BCUT2D eigenvalue weighted by atomic mass is 9.96. The molecule has 0 N–H and O–H groups in total. The summed E-state index contributed by atoms with van der Waals surface area (Å²) >= 11 is 0. The van der Waals surface area contributed by atoms with E-state index in [0.717, 1.165) is 12.3 Å². The first-order chi connectivity index (χ1) is 16.0. The van der Waals surface area contributed by atoms with Crippen LogP contribution in [0.3, 0.4) is 0 Å². The van der Waals surface area contributed by atoms with Crippen LogP contribution in [0.4, 0.5) is 27.8 Å². The molecular formula is C21H21F5N4O3S. The SMILES string of the molecule is O=C(C1CCS(=O)(=O)CC1)N1CCN(c2cnc(C(F)(F)F)cn2)CC1c1cccc(F)c1F. The lowest BCUT2D eigenvalue weighted by Crippen LogP contribution is -2.53. The fourth-order valence-corrected chi connectivity index (χ4v) is 5.79. The maximum Gasteiger partial charge on any atom is 0.434 e. The van der Waals surface area contributed by atoms with Crippen LogP contribution in [0.2, 0.25) is 0 Å². The van der Waals surface area contributed by atoms with Gasteiger partial charge in [0, 0.05) is 31.1 Å². The fourth-order valence-electron chi connectivity index (χ4n) is 4.30. The fraction of sp³-hybridized carbons (Fsp3) is 0.476. The molecule has 7 nitrogen and oxygen atoms in total. The van der Waals surface area contributed by atoms with Gasteiger partial charge in [-0.3, -0.25) is 4.79 Å². The molecule has 2 aliphatic heterocycles. The first-order valence-electron chi connectivity index (χ1n) is 10.6. The van der Waals surface area contributed by atoms with E-state index in [0.29, 0.717) is 6.20 Å². The molecule has 0 radical (unpaired) electrons. The van der Waals surface area contributed by atoms with Gasteiger partial charge in [0.25, 0.3) is 0 Å². The van der Waals surface area contributed by atoms with Crippen LogP contribution in [0.25, 0.3) is 0 Å². The van der Waals surface area contributed by atoms with Crippen LogP contribution in [0.15, 0.2) is 30.6 Å². The van der Waals surface area contributed by atoms with Crippen LogP contribution in [-0.2, 0) is 20.8 Å². The van der Waals surface area contributed by atoms with Crippen molar-refractivity contribution >= 4 is 21.6 Å². The molecule has 34 heavy (non-hydrogen) atoms. The van der Waals surface area contributed by atoms with Crippen LogP contribution in [0.1, 0.15) is 30.1 Å². The molecule has 2 saturated heterocycles. The Bertz CT molecular complexity index is 1160. The Morgan fingerprint density at radius 2 is 1.74 bits per heavy atom. The Labute approximate surface area is 192 Å². The highest BCUT2D eigenvalue weighted by Gasteiger charge is 2.39. The molecule has 2 aromatic rings. The van der Waals surface area contributed by atoms with Gasteiger partial charge in [-0.1, -0.05) is 12.1 Å². The molecule has 1 unspecified atom stereocenters. The predicted octanol–water partition coefficient (Wildman–Crippen LogP) is 2.99. The maximum absolute atomic E-state index is 14.7. The van der Waals surface area contributed by atoms with Crippen LogP contribution >= 0.6 is 0 Å². The van der Waals surface area contributed by atoms with Gasteiger partial charge in [0.1, 0.15) is 15.7 Å². The summed E-state index contributed by atoms with van der Waals surface area (Å²) in [7, 11) is -3.20. The molecule has 0 saturated carbocycles. The molecule has 4 rings (SSSR count). The van der Waals surface area contributed by atoms with Crippen LogP contribution in [-0.4, -0.2) is 60.3 Å². The van der Waals surface area contributed by atoms with Gasteiger partial charge in [0.15, 0.2) is 17.3 Å². The summed E-state index contributed by atoms with van der Waals surface area (Å²) in [4.78, 5) is 23.4. The smallest absolute Gasteiger partial charge is 0.351 e. The summed E-state index contributed by atoms with van der Waals surface area (Å²) in [5.41, 5.74) is -1.24. The molecule has 0 bridgehead atoms. The molecular weight excluding hydrogens is 483 g/mol. The molecule has 0 spiro atoms. The third kappa shape index (κ3) is 4.98. The zero-order valence-electron chi connectivity index (χ0n) is 17.8. The second kappa shape index (κ2) is 9.08. The zero-order chi connectivity index (χ0) is 24.7. The van der Waals surface area contributed by atoms with Crippen molar-refractivity contribution in [1.29, 1.82) is 0 Å². The zero-order valence-corrected chi connectivity index (χ0v) is 18.6. The second-order valence-corrected chi connectivity index (χ2v) is 10.6. The van der Waals surface area contributed by atoms with Crippen molar-refractivity contribution in [2.45, 2.75) is 25.1 Å². The van der Waals surface area contributed by atoms with Crippen molar-refractivity contribution in [2.75, 3.05) is 36.0 Å². The van der Waals surface area contributed by atoms with Crippen molar-refractivity contribution in [3.63, 3.8) is 0 Å². The van der Waals surface area contributed by atoms with Gasteiger partial charge in [-0.2, -0.15) is 13.2 Å². The standard InChI is InChI=1S/C21H21F5N4O3S/c22-15-3-1-2-14(19(15)23)16-12-29(18-11-27-17(10-28-18)21(24,25)26)6-7-30(16)20(31)13-4-8-34(32,33)9-5-13/h1-3,10-11,13,16H,4-9,12H2. The van der Waals surface area contributed by atoms with Crippen molar-refractivity contribution in [3.8, 4) is 0 Å². The Kier molecular flexibility index (Phi) is 6.49. The molecule has 13 heteroatoms. The summed E-state index contributed by atoms with van der Waals surface area (Å²) in [6.45, 7) is 0.173. The summed E-state index contributed by atoms with van der Waals surface area (Å²) in [5, 5.41) is 0. The highest BCUT2D eigenvalue weighted by atomic mass is 32.2. The average molecular weight is 504 g/mol. The number of nitrogens with zero attached hydrogens (tertiary/aromatic N) is 4. The van der Waals surface area contributed by atoms with Gasteiger partial charge in [0.2, 0.25) is 5.91 Å². The number of aromatic nitrogens is 2. The van der Waals surface area contributed by atoms with Crippen LogP contribution in [0.5, 0.6) is 0 Å². The van der Waals surface area contributed by atoms with E-state index in [1.54, 1.807) is 4.90 Å². The van der Waals surface area contributed by atoms with Crippen molar-refractivity contribution in [1.82, 2.24) is 14.9 Å². The minimum atomic E-state index is -4.66. The number of hydrogen-bond donors (Lipinski definition) is 0. The number of carbonyl (C=O) groups excluding carboxylic acids is 1. The average Bonchev–Trinajstić information content (AvgIpc) is 2.79. The lowest BCUT2D eigenvalue weighted by Gasteiger charge is -2.43. The number of benzene rings is 1. The quantitative estimate of drug-likeness (QED) is 0.598. The van der Waals surface area contributed by atoms with E-state index in [9.17, 15) is 35.2 Å². The first kappa shape index (κ1) is 24.3. The molecule has 3 heterocycles. The Hall–Kier alpha value is -2.83. The number of sulfone groups is 1. The highest BCUT2D eigenvalue weighted by Crippen LogP contribution is 2.34. The largest absolute Gasteiger partial charge is 0.434 e. The number of anilines is 1. The van der Waals surface area contributed by atoms with E-state index >= 15 is 0 Å². The van der Waals surface area contributed by atoms with E-state index < -0.39 is 45.3 Å². The van der Waals surface area contributed by atoms with Crippen molar-refractivity contribution in [2.24, 2.45) is 5.92 Å². The third-order valence-corrected chi connectivity index (χ3v) is 7.88. The van der Waals surface area contributed by atoms with Crippen molar-refractivity contribution < 1.29 is 35.2 Å². The first-order valence-corrected chi connectivity index (χ1v) is 12.4. The summed E-state index contributed by atoms with van der Waals surface area (Å²) in [5.74, 6) is -3.29. The number of amides is 1. The number of rotatable bonds is 3. The Morgan fingerprint density at radius 3 is 2.35 bits per heavy atom. The molecule has 2 fully saturated rings.